The summed E-state index contributed by atoms with van der Waals surface area (Å²) in [6.07, 6.45) is 1.30. The molecule has 1 saturated heterocycles. The van der Waals surface area contributed by atoms with Gasteiger partial charge in [-0.05, 0) is 25.8 Å². The predicted molar refractivity (Wildman–Crippen MR) is 78.1 cm³/mol. The van der Waals surface area contributed by atoms with Crippen molar-refractivity contribution in [1.29, 1.82) is 0 Å². The van der Waals surface area contributed by atoms with Gasteiger partial charge in [0.05, 0.1) is 11.0 Å². The summed E-state index contributed by atoms with van der Waals surface area (Å²) in [5, 5.41) is 23.0. The van der Waals surface area contributed by atoms with Crippen LogP contribution in [0, 0.1) is 16.0 Å². The number of carbonyl (C=O) groups is 1. The molecule has 1 heterocycles. The Morgan fingerprint density at radius 2 is 2.33 bits per heavy atom. The van der Waals surface area contributed by atoms with Crippen molar-refractivity contribution in [1.82, 2.24) is 4.90 Å². The van der Waals surface area contributed by atoms with Crippen LogP contribution in [0.2, 0.25) is 0 Å². The van der Waals surface area contributed by atoms with Crippen LogP contribution in [0.3, 0.4) is 0 Å². The molecule has 0 aliphatic carbocycles. The predicted octanol–water partition coefficient (Wildman–Crippen LogP) is 2.22. The highest BCUT2D eigenvalue weighted by Gasteiger charge is 2.26. The number of urea groups is 1. The molecule has 1 aromatic carbocycles. The molecule has 2 atom stereocenters. The number of aliphatic hydroxyl groups is 1. The van der Waals surface area contributed by atoms with Crippen LogP contribution in [0.25, 0.3) is 0 Å². The van der Waals surface area contributed by atoms with Crippen molar-refractivity contribution < 1.29 is 14.8 Å². The van der Waals surface area contributed by atoms with Gasteiger partial charge < -0.3 is 15.3 Å². The standard InChI is InChI=1S/C14H19N3O4/c1-10(18)11-4-3-7-16(9-11)14(19)15-12-5-2-6-13(8-12)17(20)21/h2,5-6,8,10-11,18H,3-4,7,9H2,1H3,(H,15,19). The summed E-state index contributed by atoms with van der Waals surface area (Å²) in [5.74, 6) is 0.0783. The van der Waals surface area contributed by atoms with Crippen LogP contribution in [0.4, 0.5) is 16.2 Å². The normalized spacial score (nSPS) is 19.9. The molecule has 1 fully saturated rings. The highest BCUT2D eigenvalue weighted by atomic mass is 16.6. The van der Waals surface area contributed by atoms with E-state index < -0.39 is 11.0 Å². The van der Waals surface area contributed by atoms with Crippen molar-refractivity contribution in [3.8, 4) is 0 Å². The van der Waals surface area contributed by atoms with Gasteiger partial charge in [-0.3, -0.25) is 10.1 Å². The minimum Gasteiger partial charge on any atom is -0.393 e. The third-order valence-corrected chi connectivity index (χ3v) is 3.74. The van der Waals surface area contributed by atoms with Crippen molar-refractivity contribution in [2.75, 3.05) is 18.4 Å². The van der Waals surface area contributed by atoms with Crippen LogP contribution in [0.1, 0.15) is 19.8 Å². The van der Waals surface area contributed by atoms with Crippen molar-refractivity contribution in [2.24, 2.45) is 5.92 Å². The molecule has 2 rings (SSSR count). The van der Waals surface area contributed by atoms with Gasteiger partial charge in [0.2, 0.25) is 0 Å². The third kappa shape index (κ3) is 3.91. The molecular weight excluding hydrogens is 274 g/mol. The Labute approximate surface area is 122 Å². The van der Waals surface area contributed by atoms with E-state index in [1.807, 2.05) is 0 Å². The fourth-order valence-corrected chi connectivity index (χ4v) is 2.49. The molecule has 0 radical (unpaired) electrons. The molecule has 114 valence electrons. The molecule has 1 aliphatic rings. The number of non-ortho nitro benzene ring substituents is 1. The monoisotopic (exact) mass is 293 g/mol. The van der Waals surface area contributed by atoms with Gasteiger partial charge in [-0.25, -0.2) is 4.79 Å². The number of hydrogen-bond acceptors (Lipinski definition) is 4. The number of piperidine rings is 1. The van der Waals surface area contributed by atoms with E-state index >= 15 is 0 Å². The number of carbonyl (C=O) groups excluding carboxylic acids is 1. The summed E-state index contributed by atoms with van der Waals surface area (Å²) in [4.78, 5) is 24.0. The smallest absolute Gasteiger partial charge is 0.321 e. The van der Waals surface area contributed by atoms with Crippen LogP contribution in [-0.4, -0.2) is 40.2 Å². The van der Waals surface area contributed by atoms with Crippen molar-refractivity contribution in [3.63, 3.8) is 0 Å². The summed E-state index contributed by atoms with van der Waals surface area (Å²) in [7, 11) is 0. The zero-order valence-electron chi connectivity index (χ0n) is 11.9. The van der Waals surface area contributed by atoms with Gasteiger partial charge >= 0.3 is 6.03 Å². The molecule has 7 nitrogen and oxygen atoms in total. The van der Waals surface area contributed by atoms with Gasteiger partial charge in [0.15, 0.2) is 0 Å². The average Bonchev–Trinajstić information content (AvgIpc) is 2.47. The van der Waals surface area contributed by atoms with Crippen molar-refractivity contribution >= 4 is 17.4 Å². The molecule has 7 heteroatoms. The first kappa shape index (κ1) is 15.2. The van der Waals surface area contributed by atoms with E-state index in [1.165, 1.54) is 18.2 Å². The van der Waals surface area contributed by atoms with E-state index in [9.17, 15) is 20.0 Å². The van der Waals surface area contributed by atoms with Crippen LogP contribution in [-0.2, 0) is 0 Å². The van der Waals surface area contributed by atoms with Gasteiger partial charge in [-0.2, -0.15) is 0 Å². The number of nitro benzene ring substituents is 1. The minimum atomic E-state index is -0.500. The van der Waals surface area contributed by atoms with Gasteiger partial charge in [-0.1, -0.05) is 6.07 Å². The first-order chi connectivity index (χ1) is 9.97. The Bertz CT molecular complexity index is 533. The molecule has 1 aromatic rings. The molecule has 21 heavy (non-hydrogen) atoms. The van der Waals surface area contributed by atoms with Crippen molar-refractivity contribution in [3.05, 3.63) is 34.4 Å². The number of likely N-dealkylation sites (tertiary alicyclic amines) is 1. The molecule has 1 aliphatic heterocycles. The summed E-state index contributed by atoms with van der Waals surface area (Å²) < 4.78 is 0. The average molecular weight is 293 g/mol. The zero-order valence-corrected chi connectivity index (χ0v) is 11.9. The second-order valence-electron chi connectivity index (χ2n) is 5.33. The van der Waals surface area contributed by atoms with Crippen LogP contribution in [0.15, 0.2) is 24.3 Å². The Morgan fingerprint density at radius 1 is 1.57 bits per heavy atom. The number of benzene rings is 1. The fourth-order valence-electron chi connectivity index (χ4n) is 2.49. The lowest BCUT2D eigenvalue weighted by atomic mass is 9.94. The molecule has 2 unspecified atom stereocenters. The molecule has 0 bridgehead atoms. The number of nitrogens with zero attached hydrogens (tertiary/aromatic N) is 2. The van der Waals surface area contributed by atoms with Crippen LogP contribution in [0.5, 0.6) is 0 Å². The number of rotatable bonds is 3. The number of nitro groups is 1. The van der Waals surface area contributed by atoms with E-state index in [0.29, 0.717) is 18.8 Å². The summed E-state index contributed by atoms with van der Waals surface area (Å²) in [6, 6.07) is 5.55. The molecular formula is C14H19N3O4. The molecule has 2 N–H and O–H groups in total. The quantitative estimate of drug-likeness (QED) is 0.659. The topological polar surface area (TPSA) is 95.7 Å². The molecule has 2 amide bonds. The Kier molecular flexibility index (Phi) is 4.74. The SMILES string of the molecule is CC(O)C1CCCN(C(=O)Nc2cccc([N+](=O)[O-])c2)C1. The van der Waals surface area contributed by atoms with Gasteiger partial charge in [0.25, 0.3) is 5.69 Å². The number of hydrogen-bond donors (Lipinski definition) is 2. The van der Waals surface area contributed by atoms with E-state index in [-0.39, 0.29) is 17.6 Å². The van der Waals surface area contributed by atoms with E-state index in [1.54, 1.807) is 17.9 Å². The van der Waals surface area contributed by atoms with Crippen LogP contribution < -0.4 is 5.32 Å². The van der Waals surface area contributed by atoms with E-state index in [0.717, 1.165) is 12.8 Å². The highest BCUT2D eigenvalue weighted by Crippen LogP contribution is 2.21. The second-order valence-corrected chi connectivity index (χ2v) is 5.33. The van der Waals surface area contributed by atoms with Gasteiger partial charge in [-0.15, -0.1) is 0 Å². The maximum absolute atomic E-state index is 12.2. The Hall–Kier alpha value is -2.15. The van der Waals surface area contributed by atoms with Crippen LogP contribution >= 0.6 is 0 Å². The summed E-state index contributed by atoms with van der Waals surface area (Å²) >= 11 is 0. The number of nitrogens with one attached hydrogen (secondary N) is 1. The Balaban J connectivity index is 2.01. The molecule has 0 saturated carbocycles. The second kappa shape index (κ2) is 6.53. The van der Waals surface area contributed by atoms with Gasteiger partial charge in [0, 0.05) is 36.8 Å². The molecule has 0 spiro atoms. The first-order valence-electron chi connectivity index (χ1n) is 6.96. The minimum absolute atomic E-state index is 0.0618. The lowest BCUT2D eigenvalue weighted by Crippen LogP contribution is -2.44. The number of aliphatic hydroxyl groups excluding tert-OH is 1. The zero-order chi connectivity index (χ0) is 15.4. The number of amides is 2. The summed E-state index contributed by atoms with van der Waals surface area (Å²) in [5.41, 5.74) is 0.335. The molecule has 0 aromatic heterocycles. The van der Waals surface area contributed by atoms with E-state index in [2.05, 4.69) is 5.32 Å². The van der Waals surface area contributed by atoms with Gasteiger partial charge in [0.1, 0.15) is 0 Å². The maximum atomic E-state index is 12.2. The van der Waals surface area contributed by atoms with Crippen molar-refractivity contribution in [2.45, 2.75) is 25.9 Å². The van der Waals surface area contributed by atoms with E-state index in [4.69, 9.17) is 0 Å². The fraction of sp³-hybridized carbons (Fsp3) is 0.500. The lowest BCUT2D eigenvalue weighted by Gasteiger charge is -2.34. The number of anilines is 1. The Morgan fingerprint density at radius 3 is 3.00 bits per heavy atom. The largest absolute Gasteiger partial charge is 0.393 e. The third-order valence-electron chi connectivity index (χ3n) is 3.74. The summed E-state index contributed by atoms with van der Waals surface area (Å²) in [6.45, 7) is 2.86. The first-order valence-corrected chi connectivity index (χ1v) is 6.96. The highest BCUT2D eigenvalue weighted by molar-refractivity contribution is 5.89. The lowest BCUT2D eigenvalue weighted by molar-refractivity contribution is -0.384. The maximum Gasteiger partial charge on any atom is 0.321 e.